The average molecular weight is 365 g/mol. The number of ether oxygens (including phenoxy) is 1. The Morgan fingerprint density at radius 1 is 1.40 bits per heavy atom. The van der Waals surface area contributed by atoms with E-state index in [9.17, 15) is 18.3 Å². The molecular formula is C16H19N3O5S. The predicted octanol–water partition coefficient (Wildman–Crippen LogP) is 0.446. The molecule has 0 fully saturated rings. The van der Waals surface area contributed by atoms with Gasteiger partial charge >= 0.3 is 0 Å². The third-order valence-corrected chi connectivity index (χ3v) is 5.04. The van der Waals surface area contributed by atoms with Crippen molar-refractivity contribution in [2.75, 3.05) is 19.9 Å². The quantitative estimate of drug-likeness (QED) is 0.756. The van der Waals surface area contributed by atoms with Crippen LogP contribution >= 0.6 is 0 Å². The Kier molecular flexibility index (Phi) is 4.53. The third kappa shape index (κ3) is 3.67. The van der Waals surface area contributed by atoms with Gasteiger partial charge < -0.3 is 9.84 Å². The molecule has 2 aromatic rings. The number of aromatic hydroxyl groups is 1. The number of nitrogens with one attached hydrogen (secondary N) is 1. The summed E-state index contributed by atoms with van der Waals surface area (Å²) in [5, 5.41) is 9.25. The molecule has 0 unspecified atom stereocenters. The zero-order valence-corrected chi connectivity index (χ0v) is 14.8. The fourth-order valence-electron chi connectivity index (χ4n) is 2.87. The van der Waals surface area contributed by atoms with Crippen molar-refractivity contribution in [3.63, 3.8) is 0 Å². The zero-order valence-electron chi connectivity index (χ0n) is 13.9. The van der Waals surface area contributed by atoms with Crippen molar-refractivity contribution in [1.29, 1.82) is 0 Å². The lowest BCUT2D eigenvalue weighted by Gasteiger charge is -2.28. The van der Waals surface area contributed by atoms with Crippen LogP contribution in [-0.4, -0.2) is 48.3 Å². The van der Waals surface area contributed by atoms with Gasteiger partial charge in [-0.3, -0.25) is 14.7 Å². The lowest BCUT2D eigenvalue weighted by molar-refractivity contribution is 0.237. The Morgan fingerprint density at radius 2 is 2.16 bits per heavy atom. The molecule has 25 heavy (non-hydrogen) atoms. The molecule has 1 aromatic carbocycles. The number of phenolic OH excluding ortho intramolecular Hbond substituents is 1. The summed E-state index contributed by atoms with van der Waals surface area (Å²) < 4.78 is 28.5. The van der Waals surface area contributed by atoms with Gasteiger partial charge in [-0.2, -0.15) is 0 Å². The molecule has 8 nitrogen and oxygen atoms in total. The summed E-state index contributed by atoms with van der Waals surface area (Å²) in [6.07, 6.45) is 1.51. The van der Waals surface area contributed by atoms with Gasteiger partial charge in [-0.05, 0) is 6.07 Å². The lowest BCUT2D eigenvalue weighted by Crippen LogP contribution is -2.36. The first-order valence-corrected chi connectivity index (χ1v) is 9.57. The zero-order chi connectivity index (χ0) is 18.2. The second-order valence-electron chi connectivity index (χ2n) is 6.03. The molecule has 0 bridgehead atoms. The van der Waals surface area contributed by atoms with Crippen LogP contribution in [0.4, 0.5) is 0 Å². The van der Waals surface area contributed by atoms with Crippen molar-refractivity contribution in [2.45, 2.75) is 24.7 Å². The average Bonchev–Trinajstić information content (AvgIpc) is 2.56. The lowest BCUT2D eigenvalue weighted by atomic mass is 10.1. The fraction of sp³-hybridized carbons (Fsp3) is 0.375. The smallest absolute Gasteiger partial charge is 0.256 e. The number of fused-ring (bicyclic) bond motifs is 1. The van der Waals surface area contributed by atoms with Crippen LogP contribution in [-0.2, 0) is 29.3 Å². The van der Waals surface area contributed by atoms with Gasteiger partial charge in [-0.1, -0.05) is 6.07 Å². The largest absolute Gasteiger partial charge is 0.508 e. The van der Waals surface area contributed by atoms with Crippen LogP contribution < -0.4 is 10.3 Å². The number of nitrogens with zero attached hydrogens (tertiary/aromatic N) is 2. The van der Waals surface area contributed by atoms with E-state index in [1.54, 1.807) is 18.2 Å². The maximum Gasteiger partial charge on any atom is 0.256 e. The number of methoxy groups -OCH3 is 1. The number of hydrogen-bond donors (Lipinski definition) is 2. The number of aromatic nitrogens is 2. The first-order chi connectivity index (χ1) is 11.8. The number of sulfone groups is 1. The molecule has 134 valence electrons. The van der Waals surface area contributed by atoms with Crippen LogP contribution in [0.15, 0.2) is 28.2 Å². The standard InChI is InChI=1S/C16H19N3O5S/c1-24-14-7-11(20)4-3-10(14)8-19-6-5-13-12(9-19)15(21)18-16(17-13)25(2,22)23/h3-4,7,20H,5-6,8-9H2,1-2H3,(H,17,18,21). The number of hydrogen-bond acceptors (Lipinski definition) is 7. The van der Waals surface area contributed by atoms with E-state index < -0.39 is 15.4 Å². The van der Waals surface area contributed by atoms with Crippen molar-refractivity contribution in [2.24, 2.45) is 0 Å². The molecular weight excluding hydrogens is 346 g/mol. The molecule has 1 aliphatic heterocycles. The number of H-pyrrole nitrogens is 1. The molecule has 1 aromatic heterocycles. The van der Waals surface area contributed by atoms with E-state index in [0.717, 1.165) is 11.8 Å². The van der Waals surface area contributed by atoms with Crippen LogP contribution in [0.5, 0.6) is 11.5 Å². The maximum atomic E-state index is 12.3. The topological polar surface area (TPSA) is 113 Å². The highest BCUT2D eigenvalue weighted by atomic mass is 32.2. The highest BCUT2D eigenvalue weighted by molar-refractivity contribution is 7.90. The van der Waals surface area contributed by atoms with Crippen LogP contribution in [0.3, 0.4) is 0 Å². The normalized spacial score (nSPS) is 15.0. The molecule has 0 spiro atoms. The van der Waals surface area contributed by atoms with E-state index in [4.69, 9.17) is 4.74 Å². The number of phenols is 1. The second-order valence-corrected chi connectivity index (χ2v) is 7.96. The molecule has 0 radical (unpaired) electrons. The van der Waals surface area contributed by atoms with E-state index in [1.165, 1.54) is 7.11 Å². The van der Waals surface area contributed by atoms with Gasteiger partial charge in [0.25, 0.3) is 5.56 Å². The molecule has 3 rings (SSSR count). The van der Waals surface area contributed by atoms with Gasteiger partial charge in [0.1, 0.15) is 11.5 Å². The van der Waals surface area contributed by atoms with E-state index >= 15 is 0 Å². The van der Waals surface area contributed by atoms with Crippen molar-refractivity contribution < 1.29 is 18.3 Å². The Morgan fingerprint density at radius 3 is 2.84 bits per heavy atom. The van der Waals surface area contributed by atoms with Gasteiger partial charge in [-0.25, -0.2) is 13.4 Å². The molecule has 9 heteroatoms. The Bertz CT molecular complexity index is 968. The molecule has 0 saturated heterocycles. The predicted molar refractivity (Wildman–Crippen MR) is 90.4 cm³/mol. The van der Waals surface area contributed by atoms with Crippen molar-refractivity contribution in [3.8, 4) is 11.5 Å². The van der Waals surface area contributed by atoms with Crippen LogP contribution in [0.25, 0.3) is 0 Å². The van der Waals surface area contributed by atoms with E-state index in [1.807, 2.05) is 4.90 Å². The highest BCUT2D eigenvalue weighted by Gasteiger charge is 2.24. The molecule has 0 saturated carbocycles. The number of rotatable bonds is 4. The van der Waals surface area contributed by atoms with Crippen LogP contribution in [0, 0.1) is 0 Å². The summed E-state index contributed by atoms with van der Waals surface area (Å²) in [4.78, 5) is 20.8. The monoisotopic (exact) mass is 365 g/mol. The number of aromatic amines is 1. The van der Waals surface area contributed by atoms with E-state index in [2.05, 4.69) is 9.97 Å². The molecule has 1 aliphatic rings. The van der Waals surface area contributed by atoms with Gasteiger partial charge in [0, 0.05) is 43.9 Å². The first kappa shape index (κ1) is 17.4. The molecule has 2 N–H and O–H groups in total. The van der Waals surface area contributed by atoms with Gasteiger partial charge in [0.2, 0.25) is 15.0 Å². The maximum absolute atomic E-state index is 12.3. The SMILES string of the molecule is COc1cc(O)ccc1CN1CCc2nc(S(C)(=O)=O)[nH]c(=O)c2C1. The van der Waals surface area contributed by atoms with Gasteiger partial charge in [0.05, 0.1) is 18.4 Å². The Hall–Kier alpha value is -2.39. The number of benzene rings is 1. The molecule has 0 aliphatic carbocycles. The van der Waals surface area contributed by atoms with E-state index in [0.29, 0.717) is 43.1 Å². The minimum atomic E-state index is -3.55. The summed E-state index contributed by atoms with van der Waals surface area (Å²) >= 11 is 0. The minimum Gasteiger partial charge on any atom is -0.508 e. The molecule has 2 heterocycles. The minimum absolute atomic E-state index is 0.124. The molecule has 0 amide bonds. The molecule has 0 atom stereocenters. The van der Waals surface area contributed by atoms with Crippen molar-refractivity contribution >= 4 is 9.84 Å². The van der Waals surface area contributed by atoms with Crippen molar-refractivity contribution in [1.82, 2.24) is 14.9 Å². The van der Waals surface area contributed by atoms with E-state index in [-0.39, 0.29) is 10.9 Å². The third-order valence-electron chi connectivity index (χ3n) is 4.14. The van der Waals surface area contributed by atoms with Gasteiger partial charge in [-0.15, -0.1) is 0 Å². The Labute approximate surface area is 145 Å². The summed E-state index contributed by atoms with van der Waals surface area (Å²) in [6.45, 7) is 1.54. The van der Waals surface area contributed by atoms with Crippen LogP contribution in [0.1, 0.15) is 16.8 Å². The fourth-order valence-corrected chi connectivity index (χ4v) is 3.43. The first-order valence-electron chi connectivity index (χ1n) is 7.68. The summed E-state index contributed by atoms with van der Waals surface area (Å²) in [6, 6.07) is 4.90. The summed E-state index contributed by atoms with van der Waals surface area (Å²) in [5.41, 5.74) is 1.48. The van der Waals surface area contributed by atoms with Crippen LogP contribution in [0.2, 0.25) is 0 Å². The highest BCUT2D eigenvalue weighted by Crippen LogP contribution is 2.26. The van der Waals surface area contributed by atoms with Crippen molar-refractivity contribution in [3.05, 3.63) is 45.4 Å². The van der Waals surface area contributed by atoms with Gasteiger partial charge in [0.15, 0.2) is 0 Å². The summed E-state index contributed by atoms with van der Waals surface area (Å²) in [7, 11) is -2.02. The second kappa shape index (κ2) is 6.49. The Balaban J connectivity index is 1.86. The summed E-state index contributed by atoms with van der Waals surface area (Å²) in [5.74, 6) is 0.698.